The lowest BCUT2D eigenvalue weighted by molar-refractivity contribution is 0.0963. The molecule has 3 aromatic rings. The van der Waals surface area contributed by atoms with Gasteiger partial charge < -0.3 is 15.2 Å². The molecule has 2 N–H and O–H groups in total. The summed E-state index contributed by atoms with van der Waals surface area (Å²) in [5, 5.41) is 6.28. The Hall–Kier alpha value is -2.82. The fraction of sp³-hybridized carbons (Fsp3) is 0.462. The summed E-state index contributed by atoms with van der Waals surface area (Å²) in [6, 6.07) is 14.8. The van der Waals surface area contributed by atoms with Gasteiger partial charge in [-0.2, -0.15) is 0 Å². The van der Waals surface area contributed by atoms with E-state index in [9.17, 15) is 4.79 Å². The molecule has 1 fully saturated rings. The molecule has 164 valence electrons. The first-order chi connectivity index (χ1) is 14.8. The molecule has 4 rings (SSSR count). The molecule has 5 nitrogen and oxygen atoms in total. The van der Waals surface area contributed by atoms with Gasteiger partial charge in [0.2, 0.25) is 5.95 Å². The van der Waals surface area contributed by atoms with Gasteiger partial charge in [0.05, 0.1) is 11.0 Å². The Kier molecular flexibility index (Phi) is 5.78. The smallest absolute Gasteiger partial charge is 0.251 e. The van der Waals surface area contributed by atoms with E-state index < -0.39 is 0 Å². The van der Waals surface area contributed by atoms with Crippen molar-refractivity contribution < 1.29 is 4.79 Å². The molecule has 0 aliphatic heterocycles. The summed E-state index contributed by atoms with van der Waals surface area (Å²) in [6.07, 6.45) is 4.52. The fourth-order valence-corrected chi connectivity index (χ4v) is 5.29. The minimum atomic E-state index is -0.0893. The number of imidazole rings is 1. The molecule has 1 heterocycles. The Balaban J connectivity index is 1.79. The molecule has 2 aromatic carbocycles. The van der Waals surface area contributed by atoms with Crippen LogP contribution in [0.4, 0.5) is 11.6 Å². The number of anilines is 2. The lowest BCUT2D eigenvalue weighted by atomic mass is 9.70. The number of nitrogens with one attached hydrogen (secondary N) is 2. The predicted octanol–water partition coefficient (Wildman–Crippen LogP) is 6.09. The highest BCUT2D eigenvalue weighted by Crippen LogP contribution is 2.46. The molecule has 0 radical (unpaired) electrons. The highest BCUT2D eigenvalue weighted by atomic mass is 16.1. The molecule has 1 saturated carbocycles. The van der Waals surface area contributed by atoms with E-state index in [2.05, 4.69) is 67.2 Å². The quantitative estimate of drug-likeness (QED) is 0.527. The van der Waals surface area contributed by atoms with Gasteiger partial charge in [-0.05, 0) is 72.9 Å². The van der Waals surface area contributed by atoms with Gasteiger partial charge in [0, 0.05) is 24.3 Å². The Labute approximate surface area is 185 Å². The van der Waals surface area contributed by atoms with Crippen molar-refractivity contribution in [1.29, 1.82) is 0 Å². The van der Waals surface area contributed by atoms with Crippen molar-refractivity contribution in [2.45, 2.75) is 59.4 Å². The zero-order valence-electron chi connectivity index (χ0n) is 19.3. The Bertz CT molecular complexity index is 1080. The third kappa shape index (κ3) is 4.46. The summed E-state index contributed by atoms with van der Waals surface area (Å²) in [6.45, 7) is 9.26. The molecule has 1 aromatic heterocycles. The van der Waals surface area contributed by atoms with Gasteiger partial charge in [-0.3, -0.25) is 4.79 Å². The SMILES string of the molecule is CCc1ccc(Nc2nc3cc(C(=O)NC)ccc3n2[C@@H]2C[C@H](C)CC(C)(C)C2)cc1. The van der Waals surface area contributed by atoms with Gasteiger partial charge in [-0.1, -0.05) is 39.8 Å². The third-order valence-electron chi connectivity index (χ3n) is 6.53. The number of hydrogen-bond donors (Lipinski definition) is 2. The van der Waals surface area contributed by atoms with E-state index in [0.29, 0.717) is 22.9 Å². The summed E-state index contributed by atoms with van der Waals surface area (Å²) < 4.78 is 2.37. The number of fused-ring (bicyclic) bond motifs is 1. The van der Waals surface area contributed by atoms with E-state index in [0.717, 1.165) is 41.9 Å². The zero-order chi connectivity index (χ0) is 22.2. The van der Waals surface area contributed by atoms with Gasteiger partial charge in [-0.25, -0.2) is 4.98 Å². The molecule has 1 aliphatic carbocycles. The monoisotopic (exact) mass is 418 g/mol. The molecular weight excluding hydrogens is 384 g/mol. The number of amides is 1. The van der Waals surface area contributed by atoms with Crippen molar-refractivity contribution in [2.75, 3.05) is 12.4 Å². The maximum Gasteiger partial charge on any atom is 0.251 e. The van der Waals surface area contributed by atoms with Gasteiger partial charge in [0.15, 0.2) is 0 Å². The summed E-state index contributed by atoms with van der Waals surface area (Å²) in [4.78, 5) is 17.1. The Morgan fingerprint density at radius 2 is 1.90 bits per heavy atom. The molecule has 2 atom stereocenters. The molecule has 0 spiro atoms. The number of benzene rings is 2. The highest BCUT2D eigenvalue weighted by Gasteiger charge is 2.34. The van der Waals surface area contributed by atoms with Crippen LogP contribution in [0.25, 0.3) is 11.0 Å². The van der Waals surface area contributed by atoms with E-state index in [1.54, 1.807) is 7.05 Å². The second-order valence-corrected chi connectivity index (χ2v) is 9.83. The zero-order valence-corrected chi connectivity index (χ0v) is 19.3. The minimum Gasteiger partial charge on any atom is -0.355 e. The lowest BCUT2D eigenvalue weighted by Gasteiger charge is -2.40. The van der Waals surface area contributed by atoms with E-state index in [1.165, 1.54) is 12.0 Å². The standard InChI is InChI=1S/C26H34N4O/c1-6-18-7-10-20(11-8-18)28-25-29-22-14-19(24(31)27-5)9-12-23(22)30(25)21-13-17(2)15-26(3,4)16-21/h7-12,14,17,21H,6,13,15-16H2,1-5H3,(H,27,31)(H,28,29)/t17-,21+/m0/s1. The van der Waals surface area contributed by atoms with Crippen molar-refractivity contribution >= 4 is 28.6 Å². The van der Waals surface area contributed by atoms with Crippen LogP contribution in [-0.4, -0.2) is 22.5 Å². The number of carbonyl (C=O) groups is 1. The first-order valence-electron chi connectivity index (χ1n) is 11.4. The van der Waals surface area contributed by atoms with Crippen molar-refractivity contribution in [3.8, 4) is 0 Å². The largest absolute Gasteiger partial charge is 0.355 e. The molecule has 31 heavy (non-hydrogen) atoms. The van der Waals surface area contributed by atoms with Crippen molar-refractivity contribution in [1.82, 2.24) is 14.9 Å². The van der Waals surface area contributed by atoms with Crippen LogP contribution >= 0.6 is 0 Å². The topological polar surface area (TPSA) is 59.0 Å². The second-order valence-electron chi connectivity index (χ2n) is 9.83. The van der Waals surface area contributed by atoms with Crippen LogP contribution in [0.3, 0.4) is 0 Å². The van der Waals surface area contributed by atoms with Gasteiger partial charge in [0.25, 0.3) is 5.91 Å². The summed E-state index contributed by atoms with van der Waals surface area (Å²) in [5.41, 5.74) is 5.21. The summed E-state index contributed by atoms with van der Waals surface area (Å²) >= 11 is 0. The molecule has 5 heteroatoms. The van der Waals surface area contributed by atoms with Crippen molar-refractivity contribution in [2.24, 2.45) is 11.3 Å². The highest BCUT2D eigenvalue weighted by molar-refractivity contribution is 5.97. The van der Waals surface area contributed by atoms with Crippen LogP contribution in [-0.2, 0) is 6.42 Å². The average molecular weight is 419 g/mol. The van der Waals surface area contributed by atoms with E-state index in [4.69, 9.17) is 4.98 Å². The lowest BCUT2D eigenvalue weighted by Crippen LogP contribution is -2.29. The molecule has 0 saturated heterocycles. The number of carbonyl (C=O) groups excluding carboxylic acids is 1. The van der Waals surface area contributed by atoms with E-state index in [1.807, 2.05) is 18.2 Å². The van der Waals surface area contributed by atoms with Gasteiger partial charge in [-0.15, -0.1) is 0 Å². The maximum absolute atomic E-state index is 12.2. The van der Waals surface area contributed by atoms with Crippen molar-refractivity contribution in [3.63, 3.8) is 0 Å². The molecule has 0 unspecified atom stereocenters. The maximum atomic E-state index is 12.2. The number of aryl methyl sites for hydroxylation is 1. The van der Waals surface area contributed by atoms with Crippen LogP contribution in [0, 0.1) is 11.3 Å². The van der Waals surface area contributed by atoms with Crippen LogP contribution in [0.2, 0.25) is 0 Å². The second kappa shape index (κ2) is 8.37. The Morgan fingerprint density at radius 1 is 1.16 bits per heavy atom. The number of aromatic nitrogens is 2. The molecule has 0 bridgehead atoms. The van der Waals surface area contributed by atoms with Crippen LogP contribution in [0.15, 0.2) is 42.5 Å². The van der Waals surface area contributed by atoms with Crippen molar-refractivity contribution in [3.05, 3.63) is 53.6 Å². The van der Waals surface area contributed by atoms with Crippen LogP contribution < -0.4 is 10.6 Å². The molecule has 1 aliphatic rings. The van der Waals surface area contributed by atoms with Crippen LogP contribution in [0.1, 0.15) is 68.9 Å². The summed E-state index contributed by atoms with van der Waals surface area (Å²) in [7, 11) is 1.66. The average Bonchev–Trinajstić information content (AvgIpc) is 3.09. The van der Waals surface area contributed by atoms with Gasteiger partial charge >= 0.3 is 0 Å². The fourth-order valence-electron chi connectivity index (χ4n) is 5.29. The number of rotatable bonds is 5. The summed E-state index contributed by atoms with van der Waals surface area (Å²) in [5.74, 6) is 1.42. The van der Waals surface area contributed by atoms with E-state index >= 15 is 0 Å². The molecule has 1 amide bonds. The van der Waals surface area contributed by atoms with E-state index in [-0.39, 0.29) is 5.91 Å². The first-order valence-corrected chi connectivity index (χ1v) is 11.4. The number of nitrogens with zero attached hydrogens (tertiary/aromatic N) is 2. The minimum absolute atomic E-state index is 0.0893. The molecular formula is C26H34N4O. The number of hydrogen-bond acceptors (Lipinski definition) is 3. The Morgan fingerprint density at radius 3 is 2.55 bits per heavy atom. The third-order valence-corrected chi connectivity index (χ3v) is 6.53. The predicted molar refractivity (Wildman–Crippen MR) is 128 cm³/mol. The first kappa shape index (κ1) is 21.4. The normalized spacial score (nSPS) is 20.5. The van der Waals surface area contributed by atoms with Gasteiger partial charge in [0.1, 0.15) is 0 Å². The van der Waals surface area contributed by atoms with Crippen LogP contribution in [0.5, 0.6) is 0 Å².